The second-order valence-corrected chi connectivity index (χ2v) is 12.5. The lowest BCUT2D eigenvalue weighted by Crippen LogP contribution is -2.61. The molecule has 0 N–H and O–H groups in total. The zero-order valence-electron chi connectivity index (χ0n) is 19.9. The molecule has 0 aromatic heterocycles. The molecule has 3 unspecified atom stereocenters. The Bertz CT molecular complexity index is 618. The molecule has 0 radical (unpaired) electrons. The zero-order chi connectivity index (χ0) is 20.7. The zero-order valence-corrected chi connectivity index (χ0v) is 19.9. The number of rotatable bonds is 3. The lowest BCUT2D eigenvalue weighted by molar-refractivity contribution is -0.0802. The highest BCUT2D eigenvalue weighted by Crippen LogP contribution is 2.51. The van der Waals surface area contributed by atoms with Crippen LogP contribution in [0.4, 0.5) is 0 Å². The molecule has 3 atom stereocenters. The van der Waals surface area contributed by atoms with Crippen LogP contribution in [0.25, 0.3) is 0 Å². The molecule has 2 aliphatic rings. The quantitative estimate of drug-likeness (QED) is 0.520. The van der Waals surface area contributed by atoms with E-state index < -0.39 is 0 Å². The fourth-order valence-corrected chi connectivity index (χ4v) is 6.67. The Kier molecular flexibility index (Phi) is 6.08. The summed E-state index contributed by atoms with van der Waals surface area (Å²) in [6.45, 7) is 20.9. The van der Waals surface area contributed by atoms with E-state index >= 15 is 0 Å². The van der Waals surface area contributed by atoms with E-state index in [1.54, 1.807) is 0 Å². The van der Waals surface area contributed by atoms with Gasteiger partial charge in [-0.2, -0.15) is 0 Å². The minimum Gasteiger partial charge on any atom is -0.289 e. The van der Waals surface area contributed by atoms with Crippen LogP contribution >= 0.6 is 0 Å². The first-order valence-electron chi connectivity index (χ1n) is 11.7. The summed E-state index contributed by atoms with van der Waals surface area (Å²) in [5.41, 5.74) is 2.40. The van der Waals surface area contributed by atoms with Gasteiger partial charge < -0.3 is 0 Å². The molecule has 1 nitrogen and oxygen atoms in total. The molecule has 28 heavy (non-hydrogen) atoms. The molecule has 1 saturated heterocycles. The van der Waals surface area contributed by atoms with Crippen LogP contribution in [0.1, 0.15) is 93.1 Å². The van der Waals surface area contributed by atoms with Crippen molar-refractivity contribution in [2.24, 2.45) is 29.1 Å². The van der Waals surface area contributed by atoms with Gasteiger partial charge in [0, 0.05) is 17.6 Å². The summed E-state index contributed by atoms with van der Waals surface area (Å²) in [5, 5.41) is 0. The summed E-state index contributed by atoms with van der Waals surface area (Å²) in [7, 11) is 0. The molecule has 2 fully saturated rings. The first-order chi connectivity index (χ1) is 12.9. The van der Waals surface area contributed by atoms with Gasteiger partial charge in [0.2, 0.25) is 0 Å². The van der Waals surface area contributed by atoms with Crippen LogP contribution in [0.5, 0.6) is 0 Å². The molecule has 0 bridgehead atoms. The smallest absolute Gasteiger partial charge is 0.0244 e. The third kappa shape index (κ3) is 4.84. The molecular formula is C27H45N. The lowest BCUT2D eigenvalue weighted by Gasteiger charge is -2.58. The van der Waals surface area contributed by atoms with Crippen molar-refractivity contribution in [3.8, 4) is 0 Å². The molecule has 1 heteroatoms. The van der Waals surface area contributed by atoms with Crippen LogP contribution < -0.4 is 0 Å². The number of nitrogens with zero attached hydrogens (tertiary/aromatic N) is 1. The number of likely N-dealkylation sites (tertiary alicyclic amines) is 1. The lowest BCUT2D eigenvalue weighted by atomic mass is 9.59. The average molecular weight is 384 g/mol. The van der Waals surface area contributed by atoms with Gasteiger partial charge in [0.25, 0.3) is 0 Å². The van der Waals surface area contributed by atoms with Crippen LogP contribution in [-0.2, 0) is 6.54 Å². The first-order valence-corrected chi connectivity index (χ1v) is 11.7. The normalized spacial score (nSPS) is 31.6. The molecule has 0 amide bonds. The summed E-state index contributed by atoms with van der Waals surface area (Å²) in [6, 6.07) is 11.1. The molecule has 1 aliphatic carbocycles. The topological polar surface area (TPSA) is 3.24 Å². The van der Waals surface area contributed by atoms with Crippen molar-refractivity contribution in [1.29, 1.82) is 0 Å². The molecular weight excluding hydrogens is 338 g/mol. The third-order valence-corrected chi connectivity index (χ3v) is 8.04. The van der Waals surface area contributed by atoms with Crippen molar-refractivity contribution < 1.29 is 0 Å². The van der Waals surface area contributed by atoms with E-state index in [-0.39, 0.29) is 11.1 Å². The first kappa shape index (κ1) is 21.9. The van der Waals surface area contributed by atoms with Gasteiger partial charge in [0.15, 0.2) is 0 Å². The van der Waals surface area contributed by atoms with Crippen LogP contribution in [-0.4, -0.2) is 16.0 Å². The Balaban J connectivity index is 1.78. The Morgan fingerprint density at radius 1 is 0.857 bits per heavy atom. The van der Waals surface area contributed by atoms with Crippen molar-refractivity contribution in [2.45, 2.75) is 105 Å². The van der Waals surface area contributed by atoms with Gasteiger partial charge in [-0.1, -0.05) is 58.0 Å². The van der Waals surface area contributed by atoms with Gasteiger partial charge in [-0.05, 0) is 94.4 Å². The molecule has 1 aliphatic heterocycles. The fraction of sp³-hybridized carbons (Fsp3) is 0.778. The number of hydrogen-bond donors (Lipinski definition) is 0. The minimum atomic E-state index is 0.250. The van der Waals surface area contributed by atoms with Gasteiger partial charge in [-0.3, -0.25) is 4.90 Å². The largest absolute Gasteiger partial charge is 0.289 e. The van der Waals surface area contributed by atoms with Crippen molar-refractivity contribution in [3.63, 3.8) is 0 Å². The molecule has 158 valence electrons. The van der Waals surface area contributed by atoms with E-state index in [0.29, 0.717) is 5.41 Å². The highest BCUT2D eigenvalue weighted by molar-refractivity contribution is 5.16. The highest BCUT2D eigenvalue weighted by Gasteiger charge is 2.48. The molecule has 1 aromatic rings. The number of hydrogen-bond acceptors (Lipinski definition) is 1. The molecule has 3 rings (SSSR count). The summed E-state index contributed by atoms with van der Waals surface area (Å²) < 4.78 is 0. The maximum Gasteiger partial charge on any atom is 0.0244 e. The average Bonchev–Trinajstić information content (AvgIpc) is 2.57. The van der Waals surface area contributed by atoms with Crippen LogP contribution in [0, 0.1) is 29.1 Å². The maximum atomic E-state index is 2.79. The summed E-state index contributed by atoms with van der Waals surface area (Å²) in [4.78, 5) is 2.79. The molecule has 1 heterocycles. The Morgan fingerprint density at radius 3 is 1.96 bits per heavy atom. The van der Waals surface area contributed by atoms with Crippen LogP contribution in [0.2, 0.25) is 0 Å². The molecule has 0 spiro atoms. The Labute approximate surface area is 175 Å². The van der Waals surface area contributed by atoms with E-state index in [1.165, 1.54) is 37.7 Å². The Morgan fingerprint density at radius 2 is 1.43 bits per heavy atom. The highest BCUT2D eigenvalue weighted by atomic mass is 15.3. The van der Waals surface area contributed by atoms with Crippen molar-refractivity contribution >= 4 is 0 Å². The SMILES string of the molecule is CC1CC(C2CC(C)(C)N(Cc3ccccc3)C(C)(C)C2)CC(C(C)(C)C)C1. The van der Waals surface area contributed by atoms with Gasteiger partial charge >= 0.3 is 0 Å². The summed E-state index contributed by atoms with van der Waals surface area (Å²) in [6.07, 6.45) is 7.01. The van der Waals surface area contributed by atoms with E-state index in [9.17, 15) is 0 Å². The standard InChI is InChI=1S/C27H45N/c1-20-14-22(16-24(15-20)25(2,3)4)23-17-26(5,6)28(27(7,8)18-23)19-21-12-10-9-11-13-21/h9-13,20,22-24H,14-19H2,1-8H3. The second kappa shape index (κ2) is 7.78. The minimum absolute atomic E-state index is 0.250. The van der Waals surface area contributed by atoms with E-state index in [1.807, 2.05) is 0 Å². The van der Waals surface area contributed by atoms with Crippen molar-refractivity contribution in [2.75, 3.05) is 0 Å². The van der Waals surface area contributed by atoms with E-state index in [0.717, 1.165) is 30.2 Å². The van der Waals surface area contributed by atoms with Crippen molar-refractivity contribution in [1.82, 2.24) is 4.90 Å². The van der Waals surface area contributed by atoms with Gasteiger partial charge in [0.1, 0.15) is 0 Å². The summed E-state index contributed by atoms with van der Waals surface area (Å²) >= 11 is 0. The van der Waals surface area contributed by atoms with E-state index in [2.05, 4.69) is 90.6 Å². The Hall–Kier alpha value is -0.820. The maximum absolute atomic E-state index is 2.79. The van der Waals surface area contributed by atoms with Gasteiger partial charge in [-0.25, -0.2) is 0 Å². The van der Waals surface area contributed by atoms with E-state index in [4.69, 9.17) is 0 Å². The number of piperidine rings is 1. The third-order valence-electron chi connectivity index (χ3n) is 8.04. The van der Waals surface area contributed by atoms with Gasteiger partial charge in [0.05, 0.1) is 0 Å². The van der Waals surface area contributed by atoms with Gasteiger partial charge in [-0.15, -0.1) is 0 Å². The second-order valence-electron chi connectivity index (χ2n) is 12.5. The molecule has 1 aromatic carbocycles. The monoisotopic (exact) mass is 383 g/mol. The van der Waals surface area contributed by atoms with Crippen LogP contribution in [0.15, 0.2) is 30.3 Å². The van der Waals surface area contributed by atoms with Crippen molar-refractivity contribution in [3.05, 3.63) is 35.9 Å². The fourth-order valence-electron chi connectivity index (χ4n) is 6.67. The van der Waals surface area contributed by atoms with Crippen LogP contribution in [0.3, 0.4) is 0 Å². The summed E-state index contributed by atoms with van der Waals surface area (Å²) in [5.74, 6) is 3.54. The predicted octanol–water partition coefficient (Wildman–Crippen LogP) is 7.55. The predicted molar refractivity (Wildman–Crippen MR) is 122 cm³/mol. The molecule has 1 saturated carbocycles. The number of benzene rings is 1.